The van der Waals surface area contributed by atoms with E-state index in [0.29, 0.717) is 19.3 Å². The second kappa shape index (κ2) is 36.3. The molecule has 0 saturated heterocycles. The lowest BCUT2D eigenvalue weighted by Crippen LogP contribution is -2.50. The molecule has 0 bridgehead atoms. The standard InChI is InChI=1S/C45H79NO7/c1-6-8-10-12-14-16-18-20-21-22-23-24-26-28-30-32-34-36-44(48)53-41(39-51-38-37-42(45(49)50)46(3,4)5)40-52-43(47)35-33-31-29-27-25-19-17-15-13-11-9-7-2/h8,10,14-17,20-21,41-42H,6-7,9,11-13,18-19,22-40H2,1-5H3/p+1/b10-8-,16-14-,17-15-,21-20-. The summed E-state index contributed by atoms with van der Waals surface area (Å²) in [6, 6.07) is -0.617. The van der Waals surface area contributed by atoms with Gasteiger partial charge in [0.25, 0.3) is 0 Å². The molecule has 0 aliphatic carbocycles. The molecule has 0 heterocycles. The Morgan fingerprint density at radius 2 is 1.06 bits per heavy atom. The van der Waals surface area contributed by atoms with E-state index >= 15 is 0 Å². The number of allylic oxidation sites excluding steroid dienone is 8. The van der Waals surface area contributed by atoms with Gasteiger partial charge in [-0.25, -0.2) is 4.79 Å². The highest BCUT2D eigenvalue weighted by molar-refractivity contribution is 5.72. The van der Waals surface area contributed by atoms with Gasteiger partial charge < -0.3 is 23.8 Å². The molecule has 0 amide bonds. The maximum Gasteiger partial charge on any atom is 0.362 e. The van der Waals surface area contributed by atoms with Crippen molar-refractivity contribution in [1.29, 1.82) is 0 Å². The van der Waals surface area contributed by atoms with E-state index in [2.05, 4.69) is 62.5 Å². The van der Waals surface area contributed by atoms with E-state index in [0.717, 1.165) is 77.0 Å². The molecular weight excluding hydrogens is 666 g/mol. The van der Waals surface area contributed by atoms with E-state index in [1.54, 1.807) is 0 Å². The van der Waals surface area contributed by atoms with Crippen molar-refractivity contribution in [2.24, 2.45) is 0 Å². The number of quaternary nitrogens is 1. The van der Waals surface area contributed by atoms with Gasteiger partial charge in [-0.05, 0) is 70.6 Å². The molecule has 0 fully saturated rings. The lowest BCUT2D eigenvalue weighted by molar-refractivity contribution is -0.887. The first-order valence-corrected chi connectivity index (χ1v) is 21.2. The number of hydrogen-bond donors (Lipinski definition) is 1. The molecule has 8 nitrogen and oxygen atoms in total. The Kier molecular flexibility index (Phi) is 34.4. The minimum Gasteiger partial charge on any atom is -0.477 e. The molecule has 306 valence electrons. The first-order valence-electron chi connectivity index (χ1n) is 21.2. The number of unbranched alkanes of at least 4 members (excludes halogenated alkanes) is 15. The molecule has 0 aliphatic rings. The van der Waals surface area contributed by atoms with Crippen LogP contribution in [-0.4, -0.2) is 80.6 Å². The SMILES string of the molecule is CC/C=C\C/C=C\C/C=C\CCCCCCCCCC(=O)OC(COCCC(C(=O)O)[N+](C)(C)C)COC(=O)CCCCCCC/C=C\CCCCC. The molecule has 8 heteroatoms. The monoisotopic (exact) mass is 747 g/mol. The Labute approximate surface area is 325 Å². The van der Waals surface area contributed by atoms with Crippen LogP contribution in [0.3, 0.4) is 0 Å². The number of esters is 2. The minimum atomic E-state index is -0.880. The zero-order valence-corrected chi connectivity index (χ0v) is 34.7. The molecule has 53 heavy (non-hydrogen) atoms. The van der Waals surface area contributed by atoms with Crippen molar-refractivity contribution in [1.82, 2.24) is 0 Å². The Morgan fingerprint density at radius 3 is 1.58 bits per heavy atom. The summed E-state index contributed by atoms with van der Waals surface area (Å²) in [5.41, 5.74) is 0. The normalized spacial score (nSPS) is 13.5. The number of ether oxygens (including phenoxy) is 3. The average Bonchev–Trinajstić information content (AvgIpc) is 3.11. The molecule has 0 aliphatic heterocycles. The van der Waals surface area contributed by atoms with Gasteiger partial charge in [0.2, 0.25) is 0 Å². The predicted octanol–water partition coefficient (Wildman–Crippen LogP) is 11.2. The number of carboxylic acids is 1. The Bertz CT molecular complexity index is 1010. The van der Waals surface area contributed by atoms with Crippen molar-refractivity contribution < 1.29 is 38.2 Å². The second-order valence-corrected chi connectivity index (χ2v) is 15.2. The van der Waals surface area contributed by atoms with Crippen LogP contribution in [0.4, 0.5) is 0 Å². The van der Waals surface area contributed by atoms with Gasteiger partial charge in [-0.15, -0.1) is 0 Å². The first kappa shape index (κ1) is 50.3. The number of carboxylic acid groups (broad SMARTS) is 1. The van der Waals surface area contributed by atoms with Crippen LogP contribution in [0.2, 0.25) is 0 Å². The number of aliphatic carboxylic acids is 1. The topological polar surface area (TPSA) is 99.1 Å². The second-order valence-electron chi connectivity index (χ2n) is 15.2. The van der Waals surface area contributed by atoms with Crippen molar-refractivity contribution in [2.75, 3.05) is 41.0 Å². The fraction of sp³-hybridized carbons (Fsp3) is 0.756. The maximum absolute atomic E-state index is 12.7. The van der Waals surface area contributed by atoms with Crippen LogP contribution in [0.5, 0.6) is 0 Å². The summed E-state index contributed by atoms with van der Waals surface area (Å²) in [6.07, 6.45) is 41.5. The van der Waals surface area contributed by atoms with Crippen molar-refractivity contribution >= 4 is 17.9 Å². The zero-order valence-electron chi connectivity index (χ0n) is 34.7. The first-order chi connectivity index (χ1) is 25.6. The highest BCUT2D eigenvalue weighted by Gasteiger charge is 2.31. The molecule has 0 rings (SSSR count). The Balaban J connectivity index is 4.39. The molecule has 0 aromatic rings. The van der Waals surface area contributed by atoms with Crippen molar-refractivity contribution in [2.45, 2.75) is 180 Å². The van der Waals surface area contributed by atoms with Crippen molar-refractivity contribution in [3.05, 3.63) is 48.6 Å². The summed E-state index contributed by atoms with van der Waals surface area (Å²) < 4.78 is 17.2. The van der Waals surface area contributed by atoms with Crippen LogP contribution in [0.15, 0.2) is 48.6 Å². The number of nitrogens with zero attached hydrogens (tertiary/aromatic N) is 1. The quantitative estimate of drug-likeness (QED) is 0.0292. The largest absolute Gasteiger partial charge is 0.477 e. The third-order valence-electron chi connectivity index (χ3n) is 9.21. The summed E-state index contributed by atoms with van der Waals surface area (Å²) in [5, 5.41) is 9.60. The van der Waals surface area contributed by atoms with Crippen molar-refractivity contribution in [3.63, 3.8) is 0 Å². The summed E-state index contributed by atoms with van der Waals surface area (Å²) >= 11 is 0. The zero-order chi connectivity index (χ0) is 39.3. The summed E-state index contributed by atoms with van der Waals surface area (Å²) in [6.45, 7) is 4.57. The number of carbonyl (C=O) groups excluding carboxylic acids is 2. The number of carbonyl (C=O) groups is 3. The Hall–Kier alpha value is -2.71. The molecule has 2 atom stereocenters. The van der Waals surface area contributed by atoms with Gasteiger partial charge in [0, 0.05) is 19.3 Å². The third kappa shape index (κ3) is 34.8. The van der Waals surface area contributed by atoms with Gasteiger partial charge in [-0.1, -0.05) is 127 Å². The van der Waals surface area contributed by atoms with Crippen LogP contribution < -0.4 is 0 Å². The molecule has 2 unspecified atom stereocenters. The van der Waals surface area contributed by atoms with Crippen LogP contribution >= 0.6 is 0 Å². The number of rotatable bonds is 37. The van der Waals surface area contributed by atoms with E-state index in [1.807, 2.05) is 21.1 Å². The van der Waals surface area contributed by atoms with Gasteiger partial charge in [-0.2, -0.15) is 0 Å². The Morgan fingerprint density at radius 1 is 0.585 bits per heavy atom. The molecule has 0 radical (unpaired) electrons. The van der Waals surface area contributed by atoms with Crippen LogP contribution in [0.25, 0.3) is 0 Å². The minimum absolute atomic E-state index is 0.0537. The van der Waals surface area contributed by atoms with Crippen LogP contribution in [0, 0.1) is 0 Å². The highest BCUT2D eigenvalue weighted by atomic mass is 16.6. The molecule has 0 aromatic carbocycles. The van der Waals surface area contributed by atoms with Crippen LogP contribution in [-0.2, 0) is 28.6 Å². The van der Waals surface area contributed by atoms with Crippen LogP contribution in [0.1, 0.15) is 168 Å². The fourth-order valence-corrected chi connectivity index (χ4v) is 5.92. The van der Waals surface area contributed by atoms with Gasteiger partial charge in [0.15, 0.2) is 12.1 Å². The molecular formula is C45H80NO7+. The molecule has 1 N–H and O–H groups in total. The van der Waals surface area contributed by atoms with Gasteiger partial charge in [0.1, 0.15) is 6.61 Å². The van der Waals surface area contributed by atoms with Crippen molar-refractivity contribution in [3.8, 4) is 0 Å². The van der Waals surface area contributed by atoms with E-state index in [9.17, 15) is 19.5 Å². The lowest BCUT2D eigenvalue weighted by atomic mass is 10.1. The smallest absolute Gasteiger partial charge is 0.362 e. The summed E-state index contributed by atoms with van der Waals surface area (Å²) in [4.78, 5) is 36.9. The molecule has 0 aromatic heterocycles. The highest BCUT2D eigenvalue weighted by Crippen LogP contribution is 2.13. The van der Waals surface area contributed by atoms with E-state index in [1.165, 1.54) is 57.8 Å². The van der Waals surface area contributed by atoms with Gasteiger partial charge in [0.05, 0.1) is 34.4 Å². The predicted molar refractivity (Wildman–Crippen MR) is 220 cm³/mol. The molecule has 0 saturated carbocycles. The van der Waals surface area contributed by atoms with Gasteiger partial charge >= 0.3 is 17.9 Å². The maximum atomic E-state index is 12.7. The van der Waals surface area contributed by atoms with E-state index < -0.39 is 18.1 Å². The van der Waals surface area contributed by atoms with E-state index in [-0.39, 0.29) is 36.2 Å². The number of likely N-dealkylation sites (N-methyl/N-ethyl adjacent to an activating group) is 1. The average molecular weight is 747 g/mol. The molecule has 0 spiro atoms. The lowest BCUT2D eigenvalue weighted by Gasteiger charge is -2.31. The van der Waals surface area contributed by atoms with Gasteiger partial charge in [-0.3, -0.25) is 9.59 Å². The summed E-state index contributed by atoms with van der Waals surface area (Å²) in [5.74, 6) is -1.49. The summed E-state index contributed by atoms with van der Waals surface area (Å²) in [7, 11) is 5.51. The fourth-order valence-electron chi connectivity index (χ4n) is 5.92. The van der Waals surface area contributed by atoms with E-state index in [4.69, 9.17) is 14.2 Å². The third-order valence-corrected chi connectivity index (χ3v) is 9.21. The number of hydrogen-bond acceptors (Lipinski definition) is 6.